The lowest BCUT2D eigenvalue weighted by Crippen LogP contribution is -2.53. The molecule has 10 heteroatoms. The monoisotopic (exact) mass is 489 g/mol. The third kappa shape index (κ3) is 5.94. The molecule has 0 spiro atoms. The zero-order valence-electron chi connectivity index (χ0n) is 19.3. The molecule has 8 nitrogen and oxygen atoms in total. The van der Waals surface area contributed by atoms with Gasteiger partial charge in [0.15, 0.2) is 0 Å². The molecule has 0 saturated heterocycles. The minimum Gasteiger partial charge on any atom is -0.480 e. The molecule has 1 fully saturated rings. The van der Waals surface area contributed by atoms with Crippen LogP contribution in [0.1, 0.15) is 53.7 Å². The molecule has 188 valence electrons. The largest absolute Gasteiger partial charge is 0.480 e. The van der Waals surface area contributed by atoms with E-state index in [9.17, 15) is 28.6 Å². The van der Waals surface area contributed by atoms with Crippen LogP contribution in [0.25, 0.3) is 0 Å². The van der Waals surface area contributed by atoms with E-state index in [2.05, 4.69) is 11.4 Å². The van der Waals surface area contributed by atoms with Crippen molar-refractivity contribution in [3.63, 3.8) is 0 Å². The number of aliphatic carboxylic acids is 1. The Hall–Kier alpha value is -3.11. The predicted octanol–water partition coefficient (Wildman–Crippen LogP) is 3.34. The summed E-state index contributed by atoms with van der Waals surface area (Å²) in [5.41, 5.74) is 1.58. The standard InChI is InChI=1S/C25H29F2N3O5/c26-17-5-8-21(27)20(14-17)25(34)35-30(22(9-11-31)24(32)33)19-12-15(13-19)3-6-18-7-4-16-2-1-10-28-23(16)29-18/h4-5,7-8,14-15,19,22,31H,1-3,6,9-13H2,(H,28,29)(H,32,33)/t15?,19?,22-/m0/s1. The molecule has 2 aliphatic rings. The van der Waals surface area contributed by atoms with Crippen molar-refractivity contribution in [2.75, 3.05) is 18.5 Å². The number of hydrogen-bond acceptors (Lipinski definition) is 7. The smallest absolute Gasteiger partial charge is 0.360 e. The van der Waals surface area contributed by atoms with Crippen molar-refractivity contribution in [2.24, 2.45) is 5.92 Å². The summed E-state index contributed by atoms with van der Waals surface area (Å²) in [6, 6.07) is 4.81. The van der Waals surface area contributed by atoms with Crippen LogP contribution >= 0.6 is 0 Å². The maximum absolute atomic E-state index is 14.1. The number of carbonyl (C=O) groups is 2. The van der Waals surface area contributed by atoms with Gasteiger partial charge < -0.3 is 20.4 Å². The summed E-state index contributed by atoms with van der Waals surface area (Å²) in [5, 5.41) is 23.3. The molecule has 4 rings (SSSR count). The van der Waals surface area contributed by atoms with Crippen LogP contribution in [0.15, 0.2) is 30.3 Å². The van der Waals surface area contributed by atoms with Gasteiger partial charge in [0.25, 0.3) is 0 Å². The van der Waals surface area contributed by atoms with Crippen molar-refractivity contribution in [2.45, 2.75) is 57.0 Å². The van der Waals surface area contributed by atoms with Crippen LogP contribution in [0.4, 0.5) is 14.6 Å². The number of carboxylic acid groups (broad SMARTS) is 1. The number of nitrogens with one attached hydrogen (secondary N) is 1. The molecule has 2 heterocycles. The first kappa shape index (κ1) is 25.0. The number of aromatic nitrogens is 1. The van der Waals surface area contributed by atoms with E-state index < -0.39 is 47.8 Å². The van der Waals surface area contributed by atoms with Gasteiger partial charge in [0.05, 0.1) is 5.56 Å². The van der Waals surface area contributed by atoms with Crippen molar-refractivity contribution in [3.05, 3.63) is 58.8 Å². The summed E-state index contributed by atoms with van der Waals surface area (Å²) >= 11 is 0. The summed E-state index contributed by atoms with van der Waals surface area (Å²) in [6.07, 6.45) is 4.67. The average Bonchev–Trinajstić information content (AvgIpc) is 2.82. The molecule has 1 saturated carbocycles. The highest BCUT2D eigenvalue weighted by Gasteiger charge is 2.42. The second-order valence-electron chi connectivity index (χ2n) is 9.10. The molecule has 2 aromatic rings. The molecule has 0 bridgehead atoms. The Labute approximate surface area is 201 Å². The van der Waals surface area contributed by atoms with Gasteiger partial charge in [-0.15, -0.1) is 5.06 Å². The molecule has 35 heavy (non-hydrogen) atoms. The Morgan fingerprint density at radius 3 is 2.77 bits per heavy atom. The van der Waals surface area contributed by atoms with Gasteiger partial charge in [0.2, 0.25) is 0 Å². The van der Waals surface area contributed by atoms with Crippen LogP contribution in [0.5, 0.6) is 0 Å². The van der Waals surface area contributed by atoms with E-state index in [1.54, 1.807) is 0 Å². The number of anilines is 1. The van der Waals surface area contributed by atoms with Gasteiger partial charge in [-0.2, -0.15) is 0 Å². The Bertz CT molecular complexity index is 1080. The summed E-state index contributed by atoms with van der Waals surface area (Å²) < 4.78 is 27.6. The SMILES string of the molecule is O=C(ON(C1CC(CCc2ccc3c(n2)NCCC3)C1)[C@@H](CCO)C(=O)O)c1cc(F)ccc1F. The van der Waals surface area contributed by atoms with Gasteiger partial charge in [0, 0.05) is 24.9 Å². The number of fused-ring (bicyclic) bond motifs is 1. The summed E-state index contributed by atoms with van der Waals surface area (Å²) in [7, 11) is 0. The van der Waals surface area contributed by atoms with E-state index in [0.29, 0.717) is 18.9 Å². The third-order valence-corrected chi connectivity index (χ3v) is 6.66. The Morgan fingerprint density at radius 2 is 2.03 bits per heavy atom. The van der Waals surface area contributed by atoms with Crippen molar-refractivity contribution >= 4 is 17.8 Å². The van der Waals surface area contributed by atoms with E-state index >= 15 is 0 Å². The van der Waals surface area contributed by atoms with Crippen LogP contribution in [-0.2, 0) is 22.5 Å². The number of carbonyl (C=O) groups excluding carboxylic acids is 1. The lowest BCUT2D eigenvalue weighted by atomic mass is 9.76. The van der Waals surface area contributed by atoms with Crippen LogP contribution in [0.2, 0.25) is 0 Å². The van der Waals surface area contributed by atoms with Crippen molar-refractivity contribution in [1.82, 2.24) is 10.0 Å². The van der Waals surface area contributed by atoms with E-state index in [1.165, 1.54) is 5.56 Å². The van der Waals surface area contributed by atoms with Crippen molar-refractivity contribution in [3.8, 4) is 0 Å². The fraction of sp³-hybridized carbons (Fsp3) is 0.480. The maximum atomic E-state index is 14.1. The molecule has 3 N–H and O–H groups in total. The molecular formula is C25H29F2N3O5. The van der Waals surface area contributed by atoms with Crippen LogP contribution in [-0.4, -0.2) is 57.4 Å². The topological polar surface area (TPSA) is 112 Å². The molecule has 1 aliphatic carbocycles. The fourth-order valence-electron chi connectivity index (χ4n) is 4.68. The number of nitrogens with zero attached hydrogens (tertiary/aromatic N) is 2. The lowest BCUT2D eigenvalue weighted by Gasteiger charge is -2.43. The van der Waals surface area contributed by atoms with Crippen LogP contribution < -0.4 is 5.32 Å². The number of rotatable bonds is 10. The zero-order chi connectivity index (χ0) is 24.9. The van der Waals surface area contributed by atoms with E-state index in [0.717, 1.165) is 60.9 Å². The summed E-state index contributed by atoms with van der Waals surface area (Å²) in [6.45, 7) is 0.480. The van der Waals surface area contributed by atoms with E-state index in [-0.39, 0.29) is 12.3 Å². The van der Waals surface area contributed by atoms with Gasteiger partial charge >= 0.3 is 11.9 Å². The Balaban J connectivity index is 1.39. The highest BCUT2D eigenvalue weighted by molar-refractivity contribution is 5.89. The Morgan fingerprint density at radius 1 is 1.23 bits per heavy atom. The second-order valence-corrected chi connectivity index (χ2v) is 9.10. The zero-order valence-corrected chi connectivity index (χ0v) is 19.3. The minimum absolute atomic E-state index is 0.179. The Kier molecular flexibility index (Phi) is 7.92. The summed E-state index contributed by atoms with van der Waals surface area (Å²) in [4.78, 5) is 34.4. The van der Waals surface area contributed by atoms with E-state index in [1.807, 2.05) is 6.07 Å². The highest BCUT2D eigenvalue weighted by atomic mass is 19.1. The quantitative estimate of drug-likeness (QED) is 0.436. The van der Waals surface area contributed by atoms with Gasteiger partial charge in [-0.3, -0.25) is 4.79 Å². The van der Waals surface area contributed by atoms with Crippen LogP contribution in [0, 0.1) is 17.6 Å². The predicted molar refractivity (Wildman–Crippen MR) is 123 cm³/mol. The van der Waals surface area contributed by atoms with Gasteiger partial charge in [0.1, 0.15) is 23.5 Å². The molecule has 0 radical (unpaired) electrons. The molecule has 1 aliphatic heterocycles. The average molecular weight is 490 g/mol. The number of aliphatic hydroxyl groups is 1. The first-order valence-electron chi connectivity index (χ1n) is 11.9. The van der Waals surface area contributed by atoms with Crippen molar-refractivity contribution < 1.29 is 33.4 Å². The number of halogens is 2. The lowest BCUT2D eigenvalue weighted by molar-refractivity contribution is -0.204. The van der Waals surface area contributed by atoms with Crippen LogP contribution in [0.3, 0.4) is 0 Å². The molecular weight excluding hydrogens is 460 g/mol. The number of aliphatic hydroxyl groups excluding tert-OH is 1. The number of aryl methyl sites for hydroxylation is 2. The number of benzene rings is 1. The molecule has 1 atom stereocenters. The van der Waals surface area contributed by atoms with Gasteiger partial charge in [-0.05, 0) is 80.7 Å². The maximum Gasteiger partial charge on any atom is 0.360 e. The van der Waals surface area contributed by atoms with Gasteiger partial charge in [-0.1, -0.05) is 6.07 Å². The molecule has 0 unspecified atom stereocenters. The molecule has 1 aromatic carbocycles. The van der Waals surface area contributed by atoms with E-state index in [4.69, 9.17) is 9.82 Å². The fourth-order valence-corrected chi connectivity index (χ4v) is 4.68. The molecule has 0 amide bonds. The first-order valence-corrected chi connectivity index (χ1v) is 11.9. The highest BCUT2D eigenvalue weighted by Crippen LogP contribution is 2.37. The second kappa shape index (κ2) is 11.1. The normalized spacial score (nSPS) is 19.9. The number of hydroxylamine groups is 2. The number of hydrogen-bond donors (Lipinski definition) is 3. The number of carboxylic acids is 1. The number of pyridine rings is 1. The molecule has 1 aromatic heterocycles. The minimum atomic E-state index is -1.31. The van der Waals surface area contributed by atoms with Crippen molar-refractivity contribution in [1.29, 1.82) is 0 Å². The third-order valence-electron chi connectivity index (χ3n) is 6.66. The summed E-state index contributed by atoms with van der Waals surface area (Å²) in [5.74, 6) is -3.03. The van der Waals surface area contributed by atoms with Gasteiger partial charge in [-0.25, -0.2) is 18.6 Å². The first-order chi connectivity index (χ1) is 16.9.